The summed E-state index contributed by atoms with van der Waals surface area (Å²) in [6.07, 6.45) is 11.3. The molecule has 3 amide bonds. The Hall–Kier alpha value is -1.39. The monoisotopic (exact) mass is 291 g/mol. The molecule has 0 radical (unpaired) electrons. The lowest BCUT2D eigenvalue weighted by atomic mass is 9.77. The summed E-state index contributed by atoms with van der Waals surface area (Å²) in [5.41, 5.74) is -0.673. The van der Waals surface area contributed by atoms with E-state index in [1.807, 2.05) is 6.21 Å². The van der Waals surface area contributed by atoms with Gasteiger partial charge in [-0.1, -0.05) is 26.2 Å². The molecule has 1 saturated heterocycles. The molecule has 0 aromatic carbocycles. The zero-order chi connectivity index (χ0) is 14.9. The minimum Gasteiger partial charge on any atom is -0.321 e. The summed E-state index contributed by atoms with van der Waals surface area (Å²) in [7, 11) is 0. The van der Waals surface area contributed by atoms with Crippen LogP contribution in [0, 0.1) is 11.8 Å². The van der Waals surface area contributed by atoms with E-state index in [1.165, 1.54) is 19.3 Å². The molecule has 0 bridgehead atoms. The molecule has 1 N–H and O–H groups in total. The van der Waals surface area contributed by atoms with E-state index in [2.05, 4.69) is 17.3 Å². The van der Waals surface area contributed by atoms with Gasteiger partial charge in [0.15, 0.2) is 0 Å². The number of urea groups is 1. The van der Waals surface area contributed by atoms with E-state index in [-0.39, 0.29) is 11.9 Å². The third-order valence-corrected chi connectivity index (χ3v) is 5.31. The molecule has 1 aliphatic heterocycles. The van der Waals surface area contributed by atoms with Crippen LogP contribution in [-0.2, 0) is 4.79 Å². The van der Waals surface area contributed by atoms with Crippen LogP contribution in [0.5, 0.6) is 0 Å². The van der Waals surface area contributed by atoms with Gasteiger partial charge in [0, 0.05) is 6.21 Å². The van der Waals surface area contributed by atoms with E-state index >= 15 is 0 Å². The van der Waals surface area contributed by atoms with Crippen LogP contribution in [0.4, 0.5) is 4.79 Å². The summed E-state index contributed by atoms with van der Waals surface area (Å²) in [4.78, 5) is 24.7. The van der Waals surface area contributed by atoms with Gasteiger partial charge in [0.1, 0.15) is 5.54 Å². The van der Waals surface area contributed by atoms with Crippen LogP contribution in [0.15, 0.2) is 5.10 Å². The summed E-state index contributed by atoms with van der Waals surface area (Å²) < 4.78 is 0. The molecule has 0 aromatic rings. The Morgan fingerprint density at radius 1 is 1.14 bits per heavy atom. The van der Waals surface area contributed by atoms with Gasteiger partial charge in [-0.3, -0.25) is 4.79 Å². The quantitative estimate of drug-likeness (QED) is 0.628. The topological polar surface area (TPSA) is 61.8 Å². The van der Waals surface area contributed by atoms with E-state index in [9.17, 15) is 9.59 Å². The lowest BCUT2D eigenvalue weighted by Crippen LogP contribution is -2.49. The first kappa shape index (κ1) is 14.5. The number of imide groups is 1. The lowest BCUT2D eigenvalue weighted by molar-refractivity contribution is -0.132. The molecule has 0 unspecified atom stereocenters. The second-order valence-electron chi connectivity index (χ2n) is 6.97. The molecule has 2 aliphatic carbocycles. The minimum atomic E-state index is -0.673. The van der Waals surface area contributed by atoms with Crippen LogP contribution in [0.3, 0.4) is 0 Å². The Labute approximate surface area is 126 Å². The zero-order valence-electron chi connectivity index (χ0n) is 12.8. The van der Waals surface area contributed by atoms with E-state index < -0.39 is 5.54 Å². The van der Waals surface area contributed by atoms with Crippen molar-refractivity contribution in [2.45, 2.75) is 70.3 Å². The zero-order valence-corrected chi connectivity index (χ0v) is 12.8. The van der Waals surface area contributed by atoms with Gasteiger partial charge < -0.3 is 5.32 Å². The molecule has 3 rings (SSSR count). The molecule has 0 aromatic heterocycles. The van der Waals surface area contributed by atoms with Gasteiger partial charge in [-0.05, 0) is 50.4 Å². The number of hydrazone groups is 1. The molecule has 5 nitrogen and oxygen atoms in total. The van der Waals surface area contributed by atoms with Crippen LogP contribution >= 0.6 is 0 Å². The molecule has 3 fully saturated rings. The van der Waals surface area contributed by atoms with Gasteiger partial charge in [0.05, 0.1) is 0 Å². The van der Waals surface area contributed by atoms with Gasteiger partial charge >= 0.3 is 6.03 Å². The van der Waals surface area contributed by atoms with Crippen molar-refractivity contribution < 1.29 is 9.59 Å². The summed E-state index contributed by atoms with van der Waals surface area (Å²) in [5.74, 6) is 0.911. The fraction of sp³-hybridized carbons (Fsp3) is 0.812. The summed E-state index contributed by atoms with van der Waals surface area (Å²) in [6.45, 7) is 2.20. The lowest BCUT2D eigenvalue weighted by Gasteiger charge is -2.33. The fourth-order valence-electron chi connectivity index (χ4n) is 3.75. The predicted molar refractivity (Wildman–Crippen MR) is 80.8 cm³/mol. The van der Waals surface area contributed by atoms with E-state index in [0.29, 0.717) is 11.8 Å². The second-order valence-corrected chi connectivity index (χ2v) is 6.97. The Balaban J connectivity index is 1.67. The van der Waals surface area contributed by atoms with Crippen molar-refractivity contribution in [3.8, 4) is 0 Å². The number of carbonyl (C=O) groups excluding carboxylic acids is 2. The maximum Gasteiger partial charge on any atom is 0.346 e. The Kier molecular flexibility index (Phi) is 4.00. The molecule has 5 heteroatoms. The molecule has 2 saturated carbocycles. The number of carbonyl (C=O) groups is 2. The largest absolute Gasteiger partial charge is 0.346 e. The average Bonchev–Trinajstić information content (AvgIpc) is 2.73. The van der Waals surface area contributed by atoms with E-state index in [0.717, 1.165) is 43.5 Å². The molecular weight excluding hydrogens is 266 g/mol. The van der Waals surface area contributed by atoms with Gasteiger partial charge in [-0.15, -0.1) is 5.01 Å². The van der Waals surface area contributed by atoms with Crippen molar-refractivity contribution in [2.24, 2.45) is 16.9 Å². The maximum absolute atomic E-state index is 12.6. The molecule has 1 heterocycles. The molecule has 21 heavy (non-hydrogen) atoms. The highest BCUT2D eigenvalue weighted by Gasteiger charge is 2.52. The van der Waals surface area contributed by atoms with Crippen molar-refractivity contribution in [3.63, 3.8) is 0 Å². The number of nitrogens with zero attached hydrogens (tertiary/aromatic N) is 2. The van der Waals surface area contributed by atoms with Crippen LogP contribution in [0.1, 0.15) is 64.7 Å². The Morgan fingerprint density at radius 2 is 1.81 bits per heavy atom. The maximum atomic E-state index is 12.6. The van der Waals surface area contributed by atoms with E-state index in [1.54, 1.807) is 0 Å². The highest BCUT2D eigenvalue weighted by molar-refractivity contribution is 6.07. The van der Waals surface area contributed by atoms with Gasteiger partial charge in [0.2, 0.25) is 0 Å². The van der Waals surface area contributed by atoms with Crippen molar-refractivity contribution in [1.82, 2.24) is 10.3 Å². The first-order valence-corrected chi connectivity index (χ1v) is 8.31. The number of rotatable bonds is 2. The smallest absolute Gasteiger partial charge is 0.321 e. The number of nitrogens with one attached hydrogen (secondary N) is 1. The molecule has 0 atom stereocenters. The number of amides is 3. The molecule has 3 aliphatic rings. The van der Waals surface area contributed by atoms with E-state index in [4.69, 9.17) is 0 Å². The van der Waals surface area contributed by atoms with Crippen molar-refractivity contribution in [1.29, 1.82) is 0 Å². The van der Waals surface area contributed by atoms with Crippen molar-refractivity contribution in [2.75, 3.05) is 0 Å². The first-order chi connectivity index (χ1) is 10.1. The van der Waals surface area contributed by atoms with Gasteiger partial charge in [-0.25, -0.2) is 4.79 Å². The first-order valence-electron chi connectivity index (χ1n) is 8.31. The van der Waals surface area contributed by atoms with Crippen LogP contribution in [0.2, 0.25) is 0 Å². The normalized spacial score (nSPS) is 34.9. The highest BCUT2D eigenvalue weighted by Crippen LogP contribution is 2.36. The molecule has 116 valence electrons. The van der Waals surface area contributed by atoms with Crippen LogP contribution < -0.4 is 5.32 Å². The number of hydrogen-bond acceptors (Lipinski definition) is 3. The van der Waals surface area contributed by atoms with Crippen molar-refractivity contribution in [3.05, 3.63) is 0 Å². The van der Waals surface area contributed by atoms with Gasteiger partial charge in [-0.2, -0.15) is 5.10 Å². The minimum absolute atomic E-state index is 0.147. The van der Waals surface area contributed by atoms with Crippen LogP contribution in [-0.4, -0.2) is 28.7 Å². The second kappa shape index (κ2) is 5.78. The Morgan fingerprint density at radius 3 is 2.48 bits per heavy atom. The third-order valence-electron chi connectivity index (χ3n) is 5.31. The van der Waals surface area contributed by atoms with Gasteiger partial charge in [0.25, 0.3) is 5.91 Å². The predicted octanol–water partition coefficient (Wildman–Crippen LogP) is 3.05. The standard InChI is InChI=1S/C16H25N3O2/c1-12-7-9-16(10-8-12)14(20)19(15(21)18-16)17-11-13-5-3-2-4-6-13/h11-13H,2-10H2,1H3,(H,18,21)/b17-11+. The SMILES string of the molecule is CC1CCC2(CC1)NC(=O)N(/N=C/C1CCCCC1)C2=O. The highest BCUT2D eigenvalue weighted by atomic mass is 16.2. The third kappa shape index (κ3) is 2.83. The van der Waals surface area contributed by atoms with Crippen LogP contribution in [0.25, 0.3) is 0 Å². The fourth-order valence-corrected chi connectivity index (χ4v) is 3.75. The summed E-state index contributed by atoms with van der Waals surface area (Å²) in [6, 6.07) is -0.346. The molecular formula is C16H25N3O2. The Bertz CT molecular complexity index is 446. The summed E-state index contributed by atoms with van der Waals surface area (Å²) in [5, 5.41) is 8.20. The summed E-state index contributed by atoms with van der Waals surface area (Å²) >= 11 is 0. The number of hydrogen-bond donors (Lipinski definition) is 1. The van der Waals surface area contributed by atoms with Crippen molar-refractivity contribution >= 4 is 18.2 Å². The average molecular weight is 291 g/mol. The molecule has 1 spiro atoms.